The van der Waals surface area contributed by atoms with E-state index in [1.54, 1.807) is 41.7 Å². The van der Waals surface area contributed by atoms with Crippen molar-refractivity contribution >= 4 is 17.5 Å². The van der Waals surface area contributed by atoms with Crippen LogP contribution in [0, 0.1) is 5.82 Å². The van der Waals surface area contributed by atoms with Crippen LogP contribution < -0.4 is 10.4 Å². The van der Waals surface area contributed by atoms with Gasteiger partial charge in [-0.1, -0.05) is 12.1 Å². The molecule has 0 unspecified atom stereocenters. The highest BCUT2D eigenvalue weighted by atomic mass is 19.1. The van der Waals surface area contributed by atoms with Crippen LogP contribution in [0.25, 0.3) is 0 Å². The van der Waals surface area contributed by atoms with Crippen LogP contribution in [0.3, 0.4) is 0 Å². The van der Waals surface area contributed by atoms with Crippen LogP contribution in [0.4, 0.5) is 10.1 Å². The lowest BCUT2D eigenvalue weighted by Gasteiger charge is -2.39. The summed E-state index contributed by atoms with van der Waals surface area (Å²) in [5, 5.41) is 1.83. The second-order valence-electron chi connectivity index (χ2n) is 8.95. The molecule has 0 saturated carbocycles. The predicted octanol–water partition coefficient (Wildman–Crippen LogP) is 4.72. The molecule has 2 amide bonds. The molecule has 2 heterocycles. The lowest BCUT2D eigenvalue weighted by molar-refractivity contribution is 0.0772. The van der Waals surface area contributed by atoms with E-state index in [1.807, 2.05) is 37.1 Å². The van der Waals surface area contributed by atoms with Crippen LogP contribution in [0.5, 0.6) is 0 Å². The third-order valence-electron chi connectivity index (χ3n) is 6.69. The zero-order valence-corrected chi connectivity index (χ0v) is 20.8. The van der Waals surface area contributed by atoms with Crippen LogP contribution in [-0.2, 0) is 6.54 Å². The van der Waals surface area contributed by atoms with Crippen molar-refractivity contribution in [1.82, 2.24) is 15.2 Å². The molecule has 0 aliphatic carbocycles. The van der Waals surface area contributed by atoms with Crippen molar-refractivity contribution in [3.8, 4) is 0 Å². The van der Waals surface area contributed by atoms with Crippen LogP contribution in [-0.4, -0.2) is 53.8 Å². The van der Waals surface area contributed by atoms with E-state index in [4.69, 9.17) is 4.42 Å². The van der Waals surface area contributed by atoms with Gasteiger partial charge in [0.15, 0.2) is 0 Å². The number of furan rings is 1. The summed E-state index contributed by atoms with van der Waals surface area (Å²) in [6.45, 7) is 7.69. The van der Waals surface area contributed by atoms with E-state index in [-0.39, 0.29) is 17.5 Å². The van der Waals surface area contributed by atoms with Gasteiger partial charge in [0.05, 0.1) is 29.8 Å². The van der Waals surface area contributed by atoms with Crippen LogP contribution >= 0.6 is 0 Å². The van der Waals surface area contributed by atoms with E-state index in [1.165, 1.54) is 12.1 Å². The summed E-state index contributed by atoms with van der Waals surface area (Å²) in [6.07, 6.45) is 5.07. The van der Waals surface area contributed by atoms with E-state index in [9.17, 15) is 14.0 Å². The Balaban J connectivity index is 1.52. The van der Waals surface area contributed by atoms with Crippen molar-refractivity contribution < 1.29 is 18.4 Å². The van der Waals surface area contributed by atoms with Crippen LogP contribution in [0.2, 0.25) is 0 Å². The van der Waals surface area contributed by atoms with Crippen molar-refractivity contribution in [3.63, 3.8) is 0 Å². The van der Waals surface area contributed by atoms with Gasteiger partial charge in [-0.15, -0.1) is 0 Å². The number of likely N-dealkylation sites (tertiary alicyclic amines) is 1. The molecule has 0 bridgehead atoms. The maximum absolute atomic E-state index is 14.3. The zero-order valence-electron chi connectivity index (χ0n) is 20.8. The molecule has 3 aromatic rings. The Labute approximate surface area is 211 Å². The molecule has 1 aliphatic rings. The average molecular weight is 493 g/mol. The molecule has 0 atom stereocenters. The number of halogens is 1. The number of hydrogen-bond donors (Lipinski definition) is 1. The molecule has 1 N–H and O–H groups in total. The van der Waals surface area contributed by atoms with Gasteiger partial charge in [0.2, 0.25) is 0 Å². The lowest BCUT2D eigenvalue weighted by Crippen LogP contribution is -2.53. The minimum atomic E-state index is -0.565. The van der Waals surface area contributed by atoms with Gasteiger partial charge >= 0.3 is 0 Å². The first kappa shape index (κ1) is 25.4. The minimum absolute atomic E-state index is 0.00627. The van der Waals surface area contributed by atoms with Crippen molar-refractivity contribution in [2.45, 2.75) is 39.3 Å². The number of amides is 2. The van der Waals surface area contributed by atoms with Crippen molar-refractivity contribution in [2.24, 2.45) is 0 Å². The summed E-state index contributed by atoms with van der Waals surface area (Å²) < 4.78 is 19.5. The van der Waals surface area contributed by atoms with Crippen molar-refractivity contribution in [2.75, 3.05) is 31.2 Å². The Morgan fingerprint density at radius 3 is 2.33 bits per heavy atom. The topological polar surface area (TPSA) is 69.0 Å². The molecule has 1 saturated heterocycles. The summed E-state index contributed by atoms with van der Waals surface area (Å²) in [7, 11) is 0. The van der Waals surface area contributed by atoms with Gasteiger partial charge in [0, 0.05) is 43.9 Å². The van der Waals surface area contributed by atoms with Gasteiger partial charge < -0.3 is 9.32 Å². The highest BCUT2D eigenvalue weighted by Gasteiger charge is 2.28. The molecular weight excluding hydrogens is 459 g/mol. The van der Waals surface area contributed by atoms with E-state index < -0.39 is 11.7 Å². The lowest BCUT2D eigenvalue weighted by atomic mass is 10.0. The fraction of sp³-hybridized carbons (Fsp3) is 0.357. The number of hydrazine groups is 1. The molecule has 1 aliphatic heterocycles. The SMILES string of the molecule is CCN(CC)C(=O)c1ccc(N(NC(=O)c2ccccc2F)C2CCN(Cc3ccoc3)CC2)cc1. The van der Waals surface area contributed by atoms with E-state index in [2.05, 4.69) is 10.3 Å². The molecule has 36 heavy (non-hydrogen) atoms. The van der Waals surface area contributed by atoms with Crippen LogP contribution in [0.15, 0.2) is 71.5 Å². The highest BCUT2D eigenvalue weighted by Crippen LogP contribution is 2.24. The third-order valence-corrected chi connectivity index (χ3v) is 6.69. The predicted molar refractivity (Wildman–Crippen MR) is 137 cm³/mol. The third kappa shape index (κ3) is 5.94. The molecule has 8 heteroatoms. The molecule has 2 aromatic carbocycles. The number of piperidine rings is 1. The van der Waals surface area contributed by atoms with Gasteiger partial charge in [-0.25, -0.2) is 4.39 Å². The molecule has 4 rings (SSSR count). The van der Waals surface area contributed by atoms with Gasteiger partial charge in [-0.05, 0) is 69.2 Å². The van der Waals surface area contributed by atoms with Crippen molar-refractivity contribution in [3.05, 3.63) is 89.6 Å². The normalized spacial score (nSPS) is 14.4. The quantitative estimate of drug-likeness (QED) is 0.438. The molecule has 0 spiro atoms. The molecule has 1 aromatic heterocycles. The second-order valence-corrected chi connectivity index (χ2v) is 8.95. The average Bonchev–Trinajstić information content (AvgIpc) is 3.42. The smallest absolute Gasteiger partial charge is 0.272 e. The number of rotatable bonds is 9. The summed E-state index contributed by atoms with van der Waals surface area (Å²) in [5.74, 6) is -1.09. The number of anilines is 1. The summed E-state index contributed by atoms with van der Waals surface area (Å²) in [5.41, 5.74) is 5.41. The summed E-state index contributed by atoms with van der Waals surface area (Å²) in [6, 6.07) is 15.2. The maximum Gasteiger partial charge on any atom is 0.272 e. The molecule has 7 nitrogen and oxygen atoms in total. The zero-order chi connectivity index (χ0) is 25.5. The van der Waals surface area contributed by atoms with E-state index in [0.717, 1.165) is 43.7 Å². The first-order chi connectivity index (χ1) is 17.5. The van der Waals surface area contributed by atoms with E-state index >= 15 is 0 Å². The number of hydrogen-bond acceptors (Lipinski definition) is 5. The second kappa shape index (κ2) is 11.9. The molecule has 1 fully saturated rings. The Bertz CT molecular complexity index is 1140. The Morgan fingerprint density at radius 2 is 1.72 bits per heavy atom. The number of carbonyl (C=O) groups excluding carboxylic acids is 2. The Hall–Kier alpha value is -3.65. The number of carbonyl (C=O) groups is 2. The fourth-order valence-corrected chi connectivity index (χ4v) is 4.62. The number of nitrogens with zero attached hydrogens (tertiary/aromatic N) is 3. The molecule has 190 valence electrons. The molecular formula is C28H33FN4O3. The maximum atomic E-state index is 14.3. The van der Waals surface area contributed by atoms with Gasteiger partial charge in [0.25, 0.3) is 11.8 Å². The standard InChI is InChI=1S/C28H33FN4O3/c1-3-32(4-2)28(35)22-9-11-23(12-10-22)33(30-27(34)25-7-5-6-8-26(25)29)24-13-16-31(17-14-24)19-21-15-18-36-20-21/h5-12,15,18,20,24H,3-4,13-14,16-17,19H2,1-2H3,(H,30,34). The minimum Gasteiger partial charge on any atom is -0.472 e. The fourth-order valence-electron chi connectivity index (χ4n) is 4.62. The van der Waals surface area contributed by atoms with Gasteiger partial charge in [0.1, 0.15) is 5.82 Å². The largest absolute Gasteiger partial charge is 0.472 e. The number of nitrogens with one attached hydrogen (secondary N) is 1. The van der Waals surface area contributed by atoms with Crippen LogP contribution in [0.1, 0.15) is 53.0 Å². The number of benzene rings is 2. The monoisotopic (exact) mass is 492 g/mol. The Morgan fingerprint density at radius 1 is 1.03 bits per heavy atom. The van der Waals surface area contributed by atoms with Gasteiger partial charge in [-0.3, -0.25) is 24.9 Å². The summed E-state index contributed by atoms with van der Waals surface area (Å²) >= 11 is 0. The first-order valence-electron chi connectivity index (χ1n) is 12.5. The summed E-state index contributed by atoms with van der Waals surface area (Å²) in [4.78, 5) is 29.9. The Kier molecular flexibility index (Phi) is 8.38. The van der Waals surface area contributed by atoms with E-state index in [0.29, 0.717) is 18.7 Å². The molecule has 0 radical (unpaired) electrons. The van der Waals surface area contributed by atoms with Gasteiger partial charge in [-0.2, -0.15) is 0 Å². The first-order valence-corrected chi connectivity index (χ1v) is 12.5. The highest BCUT2D eigenvalue weighted by molar-refractivity contribution is 5.96. The van der Waals surface area contributed by atoms with Crippen molar-refractivity contribution in [1.29, 1.82) is 0 Å².